The van der Waals surface area contributed by atoms with Crippen LogP contribution in [0.2, 0.25) is 0 Å². The van der Waals surface area contributed by atoms with Crippen molar-refractivity contribution in [2.45, 2.75) is 125 Å². The fraction of sp³-hybridized carbons (Fsp3) is 0.446. The fourth-order valence-corrected chi connectivity index (χ4v) is 11.2. The Kier molecular flexibility index (Phi) is 11.0. The molecule has 346 valence electrons. The molecule has 3 aromatic carbocycles. The van der Waals surface area contributed by atoms with Crippen molar-refractivity contribution in [3.05, 3.63) is 145 Å². The Labute approximate surface area is 384 Å². The van der Waals surface area contributed by atoms with Crippen molar-refractivity contribution in [3.8, 4) is 11.5 Å². The molecule has 10 heteroatoms. The van der Waals surface area contributed by atoms with Crippen LogP contribution in [-0.2, 0) is 38.0 Å². The van der Waals surface area contributed by atoms with Crippen LogP contribution >= 0.6 is 0 Å². The zero-order valence-corrected chi connectivity index (χ0v) is 38.9. The average molecular weight is 906 g/mol. The minimum absolute atomic E-state index is 0.0973. The lowest BCUT2D eigenvalue weighted by molar-refractivity contribution is -0.143. The molecular weight excluding hydrogens is 847 g/mol. The summed E-state index contributed by atoms with van der Waals surface area (Å²) in [5.41, 5.74) is 7.45. The van der Waals surface area contributed by atoms with E-state index in [1.807, 2.05) is 24.3 Å². The summed E-state index contributed by atoms with van der Waals surface area (Å²) in [7, 11) is 0. The van der Waals surface area contributed by atoms with Gasteiger partial charge in [0.05, 0.1) is 16.7 Å². The number of halogens is 6. The van der Waals surface area contributed by atoms with Gasteiger partial charge >= 0.3 is 12.4 Å². The van der Waals surface area contributed by atoms with Gasteiger partial charge in [-0.25, -0.2) is 4.58 Å². The number of aryl methyl sites for hydroxylation is 2. The maximum absolute atomic E-state index is 14.6. The van der Waals surface area contributed by atoms with E-state index in [0.29, 0.717) is 36.0 Å². The largest absolute Gasteiger partial charge is 0.460 e. The highest BCUT2D eigenvalue weighted by Gasteiger charge is 2.39. The molecule has 6 aliphatic heterocycles. The van der Waals surface area contributed by atoms with Gasteiger partial charge in [-0.1, -0.05) is 65.8 Å². The number of anilines is 1. The minimum atomic E-state index is -4.99. The Bertz CT molecular complexity index is 2850. The van der Waals surface area contributed by atoms with Crippen molar-refractivity contribution in [1.29, 1.82) is 0 Å². The molecule has 10 rings (SSSR count). The van der Waals surface area contributed by atoms with Crippen molar-refractivity contribution in [2.24, 2.45) is 10.8 Å². The van der Waals surface area contributed by atoms with Crippen LogP contribution in [0.1, 0.15) is 131 Å². The van der Waals surface area contributed by atoms with E-state index in [2.05, 4.69) is 75.3 Å². The Morgan fingerprint density at radius 3 is 1.94 bits per heavy atom. The first-order chi connectivity index (χ1) is 31.2. The highest BCUT2D eigenvalue weighted by Crippen LogP contribution is 2.50. The second-order valence-electron chi connectivity index (χ2n) is 21.2. The molecule has 0 spiro atoms. The number of hydrogen-bond donors (Lipinski definition) is 0. The van der Waals surface area contributed by atoms with Crippen LogP contribution in [-0.4, -0.2) is 26.2 Å². The third-order valence-electron chi connectivity index (χ3n) is 14.4. The Balaban J connectivity index is 1.19. The van der Waals surface area contributed by atoms with E-state index >= 15 is 0 Å². The Morgan fingerprint density at radius 2 is 1.24 bits per heavy atom. The Morgan fingerprint density at radius 1 is 0.606 bits per heavy atom. The third-order valence-corrected chi connectivity index (χ3v) is 14.4. The van der Waals surface area contributed by atoms with Crippen molar-refractivity contribution >= 4 is 22.4 Å². The second-order valence-corrected chi connectivity index (χ2v) is 21.2. The SMILES string of the molecule is CC(C)(C)C1=C/C(=C\C=C2/CCCC(/C=C/C3=c4cc5c6c(c4OC(C(C)(C)C)=C3)CCC[N+]=6CCC5)=C2c2cc(C(F)(F)F)cc(C(F)(F)F)c2)c2cc3c4c(c2O1)CCCN4CCC3. The lowest BCUT2D eigenvalue weighted by Gasteiger charge is -2.40. The van der Waals surface area contributed by atoms with Crippen LogP contribution in [0.25, 0.3) is 16.7 Å². The highest BCUT2D eigenvalue weighted by atomic mass is 19.4. The maximum Gasteiger partial charge on any atom is 0.416 e. The molecule has 0 saturated carbocycles. The van der Waals surface area contributed by atoms with Gasteiger partial charge in [0.25, 0.3) is 0 Å². The lowest BCUT2D eigenvalue weighted by Crippen LogP contribution is -2.45. The Hall–Kier alpha value is -5.25. The van der Waals surface area contributed by atoms with Crippen LogP contribution < -0.4 is 29.5 Å². The van der Waals surface area contributed by atoms with Gasteiger partial charge in [0, 0.05) is 64.4 Å². The van der Waals surface area contributed by atoms with E-state index in [4.69, 9.17) is 9.47 Å². The first kappa shape index (κ1) is 44.6. The summed E-state index contributed by atoms with van der Waals surface area (Å²) in [6.07, 6.45) is 11.5. The zero-order chi connectivity index (χ0) is 46.5. The molecule has 0 atom stereocenters. The highest BCUT2D eigenvalue weighted by molar-refractivity contribution is 5.89. The summed E-state index contributed by atoms with van der Waals surface area (Å²) < 4.78 is 104. The van der Waals surface area contributed by atoms with Gasteiger partial charge in [-0.05, 0) is 139 Å². The van der Waals surface area contributed by atoms with Crippen molar-refractivity contribution in [1.82, 2.24) is 4.58 Å². The van der Waals surface area contributed by atoms with E-state index in [9.17, 15) is 26.3 Å². The lowest BCUT2D eigenvalue weighted by atomic mass is 9.81. The van der Waals surface area contributed by atoms with Crippen molar-refractivity contribution in [2.75, 3.05) is 31.1 Å². The molecule has 4 nitrogen and oxygen atoms in total. The van der Waals surface area contributed by atoms with Gasteiger partial charge in [-0.15, -0.1) is 0 Å². The molecule has 0 fully saturated rings. The van der Waals surface area contributed by atoms with Gasteiger partial charge < -0.3 is 14.4 Å². The predicted molar refractivity (Wildman–Crippen MR) is 251 cm³/mol. The van der Waals surface area contributed by atoms with Gasteiger partial charge in [0.15, 0.2) is 0 Å². The average Bonchev–Trinajstić information content (AvgIpc) is 3.26. The minimum Gasteiger partial charge on any atom is -0.460 e. The van der Waals surface area contributed by atoms with E-state index in [0.717, 1.165) is 135 Å². The molecule has 7 aliphatic rings. The molecule has 6 heterocycles. The smallest absolute Gasteiger partial charge is 0.416 e. The zero-order valence-electron chi connectivity index (χ0n) is 38.9. The molecule has 3 aromatic rings. The molecule has 0 radical (unpaired) electrons. The van der Waals surface area contributed by atoms with E-state index in [1.54, 1.807) is 0 Å². The normalized spacial score (nSPS) is 21.0. The molecular formula is C56H59F6N2O2+. The first-order valence-corrected chi connectivity index (χ1v) is 23.9. The summed E-state index contributed by atoms with van der Waals surface area (Å²) in [4.78, 5) is 2.48. The van der Waals surface area contributed by atoms with Gasteiger partial charge in [0.2, 0.25) is 5.36 Å². The topological polar surface area (TPSA) is 24.7 Å². The fourth-order valence-electron chi connectivity index (χ4n) is 11.2. The standard InChI is InChI=1S/C56H59F6N2O2/c1-53(2,3)46-30-35(44-28-37-14-8-22-63-24-10-16-42(49(37)63)51(44)65-46)20-18-33-12-7-13-34(48(33)39-26-40(55(57,58)59)32-41(27-39)56(60,61)62)19-21-36-31-47(54(4,5)6)66-52-43-17-11-25-64-23-9-15-38(50(43)64)29-45(36)52/h18-21,26-32H,7-17,22-25H2,1-6H3/q+1. The second kappa shape index (κ2) is 16.2. The summed E-state index contributed by atoms with van der Waals surface area (Å²) in [5.74, 6) is 3.32. The summed E-state index contributed by atoms with van der Waals surface area (Å²) in [5, 5.41) is 2.26. The van der Waals surface area contributed by atoms with E-state index in [1.165, 1.54) is 33.3 Å². The van der Waals surface area contributed by atoms with Crippen LogP contribution in [0.15, 0.2) is 89.5 Å². The molecule has 66 heavy (non-hydrogen) atoms. The van der Waals surface area contributed by atoms with Crippen LogP contribution in [0.3, 0.4) is 0 Å². The van der Waals surface area contributed by atoms with Crippen LogP contribution in [0.4, 0.5) is 32.0 Å². The number of hydrogen-bond acceptors (Lipinski definition) is 3. The molecule has 1 aliphatic carbocycles. The molecule has 0 bridgehead atoms. The van der Waals surface area contributed by atoms with Crippen LogP contribution in [0, 0.1) is 10.8 Å². The maximum atomic E-state index is 14.6. The van der Waals surface area contributed by atoms with Gasteiger partial charge in [-0.2, -0.15) is 26.3 Å². The number of benzene rings is 3. The first-order valence-electron chi connectivity index (χ1n) is 23.9. The predicted octanol–water partition coefficient (Wildman–Crippen LogP) is 12.8. The number of ether oxygens (including phenoxy) is 2. The number of rotatable bonds is 4. The number of alkyl halides is 6. The van der Waals surface area contributed by atoms with E-state index in [-0.39, 0.29) is 22.5 Å². The molecule has 0 unspecified atom stereocenters. The number of nitrogens with zero attached hydrogens (tertiary/aromatic N) is 2. The molecule has 0 aromatic heterocycles. The van der Waals surface area contributed by atoms with E-state index < -0.39 is 23.5 Å². The number of fused-ring (bicyclic) bond motifs is 4. The molecule has 0 amide bonds. The summed E-state index contributed by atoms with van der Waals surface area (Å²) >= 11 is 0. The summed E-state index contributed by atoms with van der Waals surface area (Å²) in [6.45, 7) is 16.7. The van der Waals surface area contributed by atoms with Crippen molar-refractivity contribution in [3.63, 3.8) is 0 Å². The van der Waals surface area contributed by atoms with Crippen LogP contribution in [0.5, 0.6) is 11.5 Å². The summed E-state index contributed by atoms with van der Waals surface area (Å²) in [6, 6.07) is 6.50. The van der Waals surface area contributed by atoms with Gasteiger partial charge in [-0.3, -0.25) is 0 Å². The van der Waals surface area contributed by atoms with Crippen molar-refractivity contribution < 1.29 is 35.8 Å². The number of allylic oxidation sites excluding steroid dienone is 12. The van der Waals surface area contributed by atoms with Gasteiger partial charge in [0.1, 0.15) is 36.1 Å². The third kappa shape index (κ3) is 8.18. The monoisotopic (exact) mass is 905 g/mol. The molecule has 0 saturated heterocycles. The molecule has 0 N–H and O–H groups in total. The quantitative estimate of drug-likeness (QED) is 0.193.